The third-order valence-corrected chi connectivity index (χ3v) is 2.62. The van der Waals surface area contributed by atoms with Crippen LogP contribution in [0, 0.1) is 6.92 Å². The second-order valence-corrected chi connectivity index (χ2v) is 3.93. The molecule has 0 radical (unpaired) electrons. The number of benzene rings is 1. The minimum absolute atomic E-state index is 0.225. The van der Waals surface area contributed by atoms with Crippen LogP contribution < -0.4 is 9.47 Å². The maximum absolute atomic E-state index is 10.8. The van der Waals surface area contributed by atoms with Gasteiger partial charge < -0.3 is 19.1 Å². The first-order chi connectivity index (χ1) is 9.06. The normalized spacial score (nSPS) is 10.3. The van der Waals surface area contributed by atoms with Crippen molar-refractivity contribution in [3.63, 3.8) is 0 Å². The Balaban J connectivity index is 2.59. The molecule has 0 amide bonds. The monoisotopic (exact) mass is 263 g/mol. The van der Waals surface area contributed by atoms with Crippen LogP contribution in [0.5, 0.6) is 11.5 Å². The minimum atomic E-state index is -1.17. The molecule has 0 aliphatic carbocycles. The molecular formula is C13H13NO5. The Hall–Kier alpha value is -2.50. The maximum atomic E-state index is 10.8. The molecule has 0 saturated carbocycles. The van der Waals surface area contributed by atoms with Crippen molar-refractivity contribution in [3.05, 3.63) is 29.5 Å². The Labute approximate surface area is 109 Å². The van der Waals surface area contributed by atoms with E-state index in [9.17, 15) is 4.79 Å². The van der Waals surface area contributed by atoms with E-state index in [1.807, 2.05) is 19.1 Å². The molecule has 0 saturated heterocycles. The lowest BCUT2D eigenvalue weighted by Crippen LogP contribution is -1.95. The quantitative estimate of drug-likeness (QED) is 0.911. The van der Waals surface area contributed by atoms with Gasteiger partial charge in [-0.2, -0.15) is 0 Å². The number of hydrogen-bond acceptors (Lipinski definition) is 5. The lowest BCUT2D eigenvalue weighted by atomic mass is 10.1. The van der Waals surface area contributed by atoms with E-state index >= 15 is 0 Å². The number of aromatic carboxylic acids is 1. The second kappa shape index (κ2) is 5.01. The van der Waals surface area contributed by atoms with Crippen LogP contribution in [0.2, 0.25) is 0 Å². The molecule has 2 rings (SSSR count). The molecule has 6 heteroatoms. The smallest absolute Gasteiger partial charge is 0.374 e. The van der Waals surface area contributed by atoms with Crippen LogP contribution >= 0.6 is 0 Å². The van der Waals surface area contributed by atoms with E-state index < -0.39 is 5.97 Å². The molecule has 1 N–H and O–H groups in total. The summed E-state index contributed by atoms with van der Waals surface area (Å²) in [6.45, 7) is 1.89. The van der Waals surface area contributed by atoms with E-state index in [4.69, 9.17) is 19.1 Å². The number of nitrogens with zero attached hydrogens (tertiary/aromatic N) is 1. The van der Waals surface area contributed by atoms with Crippen molar-refractivity contribution < 1.29 is 23.9 Å². The van der Waals surface area contributed by atoms with Crippen molar-refractivity contribution >= 4 is 5.97 Å². The van der Waals surface area contributed by atoms with Crippen LogP contribution in [-0.2, 0) is 0 Å². The average Bonchev–Trinajstić information content (AvgIpc) is 2.87. The second-order valence-electron chi connectivity index (χ2n) is 3.93. The van der Waals surface area contributed by atoms with Crippen LogP contribution in [0.4, 0.5) is 0 Å². The number of carbonyl (C=O) groups is 1. The third-order valence-electron chi connectivity index (χ3n) is 2.62. The Bertz CT molecular complexity index is 617. The molecule has 0 spiro atoms. The fourth-order valence-corrected chi connectivity index (χ4v) is 1.80. The molecule has 1 aromatic heterocycles. The summed E-state index contributed by atoms with van der Waals surface area (Å²) < 4.78 is 15.3. The van der Waals surface area contributed by atoms with Crippen LogP contribution in [-0.4, -0.2) is 30.5 Å². The molecule has 1 heterocycles. The molecule has 0 aliphatic rings. The first kappa shape index (κ1) is 12.9. The number of methoxy groups -OCH3 is 2. The zero-order valence-electron chi connectivity index (χ0n) is 10.8. The summed E-state index contributed by atoms with van der Waals surface area (Å²) in [5.74, 6) is -0.356. The van der Waals surface area contributed by atoms with E-state index in [1.54, 1.807) is 0 Å². The van der Waals surface area contributed by atoms with Gasteiger partial charge in [0.2, 0.25) is 5.76 Å². The molecule has 0 bridgehead atoms. The highest BCUT2D eigenvalue weighted by molar-refractivity contribution is 5.86. The van der Waals surface area contributed by atoms with Crippen LogP contribution in [0.3, 0.4) is 0 Å². The predicted octanol–water partition coefficient (Wildman–Crippen LogP) is 2.37. The molecule has 2 aromatic rings. The van der Waals surface area contributed by atoms with Gasteiger partial charge in [0, 0.05) is 11.6 Å². The molecule has 100 valence electrons. The minimum Gasteiger partial charge on any atom is -0.493 e. The standard InChI is InChI=1S/C13H13NO5/c1-7-4-8(12(18-3)10(5-7)17-2)9-6-11(13(15)16)19-14-9/h4-6H,1-3H3,(H,15,16). The highest BCUT2D eigenvalue weighted by atomic mass is 16.5. The number of carboxylic acids is 1. The Kier molecular flexibility index (Phi) is 3.41. The summed E-state index contributed by atoms with van der Waals surface area (Å²) >= 11 is 0. The zero-order valence-corrected chi connectivity index (χ0v) is 10.8. The molecule has 1 aromatic carbocycles. The predicted molar refractivity (Wildman–Crippen MR) is 66.7 cm³/mol. The molecule has 19 heavy (non-hydrogen) atoms. The Morgan fingerprint density at radius 2 is 2.00 bits per heavy atom. The van der Waals surface area contributed by atoms with Crippen LogP contribution in [0.1, 0.15) is 16.1 Å². The molecule has 0 aliphatic heterocycles. The molecule has 0 unspecified atom stereocenters. The highest BCUT2D eigenvalue weighted by Crippen LogP contribution is 2.38. The molecule has 6 nitrogen and oxygen atoms in total. The van der Waals surface area contributed by atoms with Gasteiger partial charge in [-0.25, -0.2) is 4.79 Å². The van der Waals surface area contributed by atoms with Gasteiger partial charge in [-0.3, -0.25) is 0 Å². The van der Waals surface area contributed by atoms with Crippen molar-refractivity contribution in [1.82, 2.24) is 5.16 Å². The van der Waals surface area contributed by atoms with Gasteiger partial charge in [0.05, 0.1) is 14.2 Å². The fraction of sp³-hybridized carbons (Fsp3) is 0.231. The van der Waals surface area contributed by atoms with Crippen molar-refractivity contribution in [2.45, 2.75) is 6.92 Å². The van der Waals surface area contributed by atoms with Crippen molar-refractivity contribution in [1.29, 1.82) is 0 Å². The highest BCUT2D eigenvalue weighted by Gasteiger charge is 2.18. The maximum Gasteiger partial charge on any atom is 0.374 e. The summed E-state index contributed by atoms with van der Waals surface area (Å²) in [5, 5.41) is 12.6. The largest absolute Gasteiger partial charge is 0.493 e. The average molecular weight is 263 g/mol. The lowest BCUT2D eigenvalue weighted by molar-refractivity contribution is 0.0652. The Morgan fingerprint density at radius 1 is 1.26 bits per heavy atom. The Morgan fingerprint density at radius 3 is 2.53 bits per heavy atom. The summed E-state index contributed by atoms with van der Waals surface area (Å²) in [7, 11) is 3.04. The molecule has 0 fully saturated rings. The van der Waals surface area contributed by atoms with Gasteiger partial charge >= 0.3 is 5.97 Å². The fourth-order valence-electron chi connectivity index (χ4n) is 1.80. The number of aromatic nitrogens is 1. The third kappa shape index (κ3) is 2.37. The number of ether oxygens (including phenoxy) is 2. The van der Waals surface area contributed by atoms with Gasteiger partial charge in [-0.15, -0.1) is 0 Å². The summed E-state index contributed by atoms with van der Waals surface area (Å²) in [6.07, 6.45) is 0. The topological polar surface area (TPSA) is 81.8 Å². The number of aryl methyl sites for hydroxylation is 1. The van der Waals surface area contributed by atoms with E-state index in [-0.39, 0.29) is 5.76 Å². The van der Waals surface area contributed by atoms with Gasteiger partial charge in [-0.1, -0.05) is 5.16 Å². The molecule has 0 atom stereocenters. The van der Waals surface area contributed by atoms with E-state index in [2.05, 4.69) is 5.16 Å². The van der Waals surface area contributed by atoms with E-state index in [1.165, 1.54) is 20.3 Å². The van der Waals surface area contributed by atoms with Crippen LogP contribution in [0.25, 0.3) is 11.3 Å². The van der Waals surface area contributed by atoms with Crippen LogP contribution in [0.15, 0.2) is 22.7 Å². The van der Waals surface area contributed by atoms with Crippen molar-refractivity contribution in [2.24, 2.45) is 0 Å². The zero-order chi connectivity index (χ0) is 14.0. The van der Waals surface area contributed by atoms with Gasteiger partial charge in [0.1, 0.15) is 5.69 Å². The van der Waals surface area contributed by atoms with E-state index in [0.29, 0.717) is 22.8 Å². The van der Waals surface area contributed by atoms with Gasteiger partial charge in [-0.05, 0) is 24.6 Å². The summed E-state index contributed by atoms with van der Waals surface area (Å²) in [4.78, 5) is 10.8. The van der Waals surface area contributed by atoms with Crippen molar-refractivity contribution in [2.75, 3.05) is 14.2 Å². The SMILES string of the molecule is COc1cc(C)cc(-c2cc(C(=O)O)on2)c1OC. The number of rotatable bonds is 4. The van der Waals surface area contributed by atoms with E-state index in [0.717, 1.165) is 5.56 Å². The number of hydrogen-bond donors (Lipinski definition) is 1. The summed E-state index contributed by atoms with van der Waals surface area (Å²) in [6, 6.07) is 4.99. The number of carboxylic acid groups (broad SMARTS) is 1. The lowest BCUT2D eigenvalue weighted by Gasteiger charge is -2.12. The first-order valence-electron chi connectivity index (χ1n) is 5.49. The van der Waals surface area contributed by atoms with Gasteiger partial charge in [0.25, 0.3) is 0 Å². The van der Waals surface area contributed by atoms with Gasteiger partial charge in [0.15, 0.2) is 11.5 Å². The first-order valence-corrected chi connectivity index (χ1v) is 5.49. The summed E-state index contributed by atoms with van der Waals surface area (Å²) in [5.41, 5.74) is 1.94. The van der Waals surface area contributed by atoms with Crippen molar-refractivity contribution in [3.8, 4) is 22.8 Å². The molecular weight excluding hydrogens is 250 g/mol.